The summed E-state index contributed by atoms with van der Waals surface area (Å²) in [5, 5.41) is 11.8. The lowest BCUT2D eigenvalue weighted by Crippen LogP contribution is -2.43. The summed E-state index contributed by atoms with van der Waals surface area (Å²) in [6.45, 7) is 2.78. The fraction of sp³-hybridized carbons (Fsp3) is 0.722. The first-order valence-corrected chi connectivity index (χ1v) is 8.53. The summed E-state index contributed by atoms with van der Waals surface area (Å²) in [6.07, 6.45) is 11.8. The maximum atomic E-state index is 12.2. The minimum absolute atomic E-state index is 0.159. The predicted molar refractivity (Wildman–Crippen MR) is 87.1 cm³/mol. The van der Waals surface area contributed by atoms with E-state index in [0.717, 1.165) is 6.42 Å². The number of hydrogen-bond donors (Lipinski definition) is 2. The molecule has 3 atom stereocenters. The summed E-state index contributed by atoms with van der Waals surface area (Å²) in [5.41, 5.74) is 0. The Labute approximate surface area is 138 Å². The quantitative estimate of drug-likeness (QED) is 0.669. The van der Waals surface area contributed by atoms with Crippen molar-refractivity contribution in [3.05, 3.63) is 11.8 Å². The number of amides is 1. The molecule has 1 saturated carbocycles. The van der Waals surface area contributed by atoms with E-state index in [-0.39, 0.29) is 30.9 Å². The minimum atomic E-state index is -0.436. The SMILES string of the molecule is C#CCNC(=O)C1=C[C@H](C2CCC2)[C@H](CCCO)[C@H](OCC)O1. The van der Waals surface area contributed by atoms with Gasteiger partial charge in [-0.2, -0.15) is 0 Å². The van der Waals surface area contributed by atoms with E-state index < -0.39 is 6.29 Å². The van der Waals surface area contributed by atoms with E-state index in [1.165, 1.54) is 19.3 Å². The van der Waals surface area contributed by atoms with Gasteiger partial charge in [-0.15, -0.1) is 6.42 Å². The Morgan fingerprint density at radius 1 is 1.57 bits per heavy atom. The van der Waals surface area contributed by atoms with Gasteiger partial charge in [-0.05, 0) is 50.5 Å². The number of aliphatic hydroxyl groups is 1. The Kier molecular flexibility index (Phi) is 6.94. The van der Waals surface area contributed by atoms with Crippen LogP contribution in [-0.2, 0) is 14.3 Å². The van der Waals surface area contributed by atoms with Gasteiger partial charge in [-0.25, -0.2) is 0 Å². The van der Waals surface area contributed by atoms with Gasteiger partial charge in [0.15, 0.2) is 5.76 Å². The number of allylic oxidation sites excluding steroid dienone is 1. The highest BCUT2D eigenvalue weighted by atomic mass is 16.7. The highest BCUT2D eigenvalue weighted by Crippen LogP contribution is 2.44. The van der Waals surface area contributed by atoms with Crippen molar-refractivity contribution in [2.24, 2.45) is 17.8 Å². The predicted octanol–water partition coefficient (Wildman–Crippen LogP) is 1.82. The van der Waals surface area contributed by atoms with Gasteiger partial charge in [-0.1, -0.05) is 12.3 Å². The molecule has 1 heterocycles. The van der Waals surface area contributed by atoms with Crippen molar-refractivity contribution < 1.29 is 19.4 Å². The average molecular weight is 321 g/mol. The van der Waals surface area contributed by atoms with E-state index in [0.29, 0.717) is 24.7 Å². The number of carbonyl (C=O) groups is 1. The van der Waals surface area contributed by atoms with Crippen LogP contribution < -0.4 is 5.32 Å². The van der Waals surface area contributed by atoms with Crippen LogP contribution in [0.25, 0.3) is 0 Å². The third-order valence-electron chi connectivity index (χ3n) is 4.73. The van der Waals surface area contributed by atoms with Gasteiger partial charge in [-0.3, -0.25) is 4.79 Å². The van der Waals surface area contributed by atoms with Crippen LogP contribution in [0.3, 0.4) is 0 Å². The zero-order valence-corrected chi connectivity index (χ0v) is 13.8. The topological polar surface area (TPSA) is 67.8 Å². The van der Waals surface area contributed by atoms with Gasteiger partial charge in [0.1, 0.15) is 0 Å². The third-order valence-corrected chi connectivity index (χ3v) is 4.73. The Morgan fingerprint density at radius 3 is 2.91 bits per heavy atom. The van der Waals surface area contributed by atoms with E-state index in [9.17, 15) is 4.79 Å². The summed E-state index contributed by atoms with van der Waals surface area (Å²) < 4.78 is 11.6. The number of carbonyl (C=O) groups excluding carboxylic acids is 1. The molecule has 5 nitrogen and oxygen atoms in total. The van der Waals surface area contributed by atoms with Crippen LogP contribution in [-0.4, -0.2) is 37.1 Å². The van der Waals surface area contributed by atoms with Crippen molar-refractivity contribution in [2.75, 3.05) is 19.8 Å². The first-order chi connectivity index (χ1) is 11.2. The second kappa shape index (κ2) is 8.95. The molecule has 0 radical (unpaired) electrons. The van der Waals surface area contributed by atoms with E-state index in [1.807, 2.05) is 13.0 Å². The maximum absolute atomic E-state index is 12.2. The number of rotatable bonds is 8. The van der Waals surface area contributed by atoms with Crippen LogP contribution in [0.2, 0.25) is 0 Å². The van der Waals surface area contributed by atoms with Crippen molar-refractivity contribution in [1.82, 2.24) is 5.32 Å². The van der Waals surface area contributed by atoms with E-state index in [4.69, 9.17) is 21.0 Å². The standard InChI is InChI=1S/C18H27NO4/c1-3-10-19-17(21)16-12-15(13-7-5-8-13)14(9-6-11-20)18(23-16)22-4-2/h1,12-15,18,20H,4-11H2,2H3,(H,19,21)/t14-,15+,18+/m0/s1. The monoisotopic (exact) mass is 321 g/mol. The second-order valence-electron chi connectivity index (χ2n) is 6.16. The Balaban J connectivity index is 2.18. The van der Waals surface area contributed by atoms with Gasteiger partial charge in [0, 0.05) is 19.1 Å². The minimum Gasteiger partial charge on any atom is -0.459 e. The summed E-state index contributed by atoms with van der Waals surface area (Å²) in [4.78, 5) is 12.2. The van der Waals surface area contributed by atoms with Crippen LogP contribution in [0, 0.1) is 30.1 Å². The Bertz CT molecular complexity index is 464. The molecule has 1 aliphatic heterocycles. The molecule has 23 heavy (non-hydrogen) atoms. The molecule has 2 N–H and O–H groups in total. The fourth-order valence-electron chi connectivity index (χ4n) is 3.37. The number of aliphatic hydroxyl groups excluding tert-OH is 1. The van der Waals surface area contributed by atoms with Gasteiger partial charge >= 0.3 is 0 Å². The van der Waals surface area contributed by atoms with Crippen LogP contribution >= 0.6 is 0 Å². The molecule has 0 bridgehead atoms. The third kappa shape index (κ3) is 4.49. The number of ether oxygens (including phenoxy) is 2. The largest absolute Gasteiger partial charge is 0.459 e. The summed E-state index contributed by atoms with van der Waals surface area (Å²) in [6, 6.07) is 0. The molecule has 1 amide bonds. The number of nitrogens with one attached hydrogen (secondary N) is 1. The zero-order chi connectivity index (χ0) is 16.7. The first-order valence-electron chi connectivity index (χ1n) is 8.53. The first kappa shape index (κ1) is 17.8. The molecule has 0 spiro atoms. The lowest BCUT2D eigenvalue weighted by atomic mass is 9.68. The van der Waals surface area contributed by atoms with E-state index >= 15 is 0 Å². The van der Waals surface area contributed by atoms with Crippen LogP contribution in [0.15, 0.2) is 11.8 Å². The smallest absolute Gasteiger partial charge is 0.286 e. The summed E-state index contributed by atoms with van der Waals surface area (Å²) >= 11 is 0. The van der Waals surface area contributed by atoms with Crippen LogP contribution in [0.5, 0.6) is 0 Å². The molecule has 0 aromatic carbocycles. The highest BCUT2D eigenvalue weighted by molar-refractivity contribution is 5.91. The second-order valence-corrected chi connectivity index (χ2v) is 6.16. The average Bonchev–Trinajstić information content (AvgIpc) is 2.50. The molecule has 0 aromatic rings. The van der Waals surface area contributed by atoms with Gasteiger partial charge < -0.3 is 19.9 Å². The summed E-state index contributed by atoms with van der Waals surface area (Å²) in [7, 11) is 0. The summed E-state index contributed by atoms with van der Waals surface area (Å²) in [5.74, 6) is 3.43. The van der Waals surface area contributed by atoms with Crippen LogP contribution in [0.1, 0.15) is 39.0 Å². The highest BCUT2D eigenvalue weighted by Gasteiger charge is 2.41. The Morgan fingerprint density at radius 2 is 2.35 bits per heavy atom. The fourth-order valence-corrected chi connectivity index (χ4v) is 3.37. The molecule has 128 valence electrons. The molecule has 5 heteroatoms. The molecular formula is C18H27NO4. The van der Waals surface area contributed by atoms with Crippen molar-refractivity contribution in [1.29, 1.82) is 0 Å². The molecule has 1 fully saturated rings. The van der Waals surface area contributed by atoms with Gasteiger partial charge in [0.05, 0.1) is 6.54 Å². The van der Waals surface area contributed by atoms with Crippen molar-refractivity contribution in [3.8, 4) is 12.3 Å². The van der Waals surface area contributed by atoms with E-state index in [1.54, 1.807) is 0 Å². The molecule has 2 rings (SSSR count). The van der Waals surface area contributed by atoms with E-state index in [2.05, 4.69) is 11.2 Å². The van der Waals surface area contributed by atoms with Gasteiger partial charge in [0.25, 0.3) is 5.91 Å². The lowest BCUT2D eigenvalue weighted by molar-refractivity contribution is -0.178. The molecule has 1 aliphatic carbocycles. The number of hydrogen-bond acceptors (Lipinski definition) is 4. The molecular weight excluding hydrogens is 294 g/mol. The molecule has 0 aromatic heterocycles. The normalized spacial score (nSPS) is 27.3. The lowest BCUT2D eigenvalue weighted by Gasteiger charge is -2.43. The van der Waals surface area contributed by atoms with Crippen molar-refractivity contribution in [3.63, 3.8) is 0 Å². The van der Waals surface area contributed by atoms with Crippen molar-refractivity contribution >= 4 is 5.91 Å². The van der Waals surface area contributed by atoms with Gasteiger partial charge in [0.2, 0.25) is 6.29 Å². The maximum Gasteiger partial charge on any atom is 0.286 e. The molecule has 2 aliphatic rings. The van der Waals surface area contributed by atoms with Crippen molar-refractivity contribution in [2.45, 2.75) is 45.3 Å². The zero-order valence-electron chi connectivity index (χ0n) is 13.8. The molecule has 0 saturated heterocycles. The van der Waals surface area contributed by atoms with Crippen LogP contribution in [0.4, 0.5) is 0 Å². The number of terminal acetylenes is 1. The Hall–Kier alpha value is -1.51. The molecule has 0 unspecified atom stereocenters.